The van der Waals surface area contributed by atoms with Crippen molar-refractivity contribution in [1.82, 2.24) is 4.37 Å². The van der Waals surface area contributed by atoms with E-state index < -0.39 is 11.7 Å². The number of rotatable bonds is 2. The lowest BCUT2D eigenvalue weighted by Crippen LogP contribution is -2.05. The highest BCUT2D eigenvalue weighted by Crippen LogP contribution is 2.33. The Bertz CT molecular complexity index is 640. The first-order chi connectivity index (χ1) is 8.91. The quantitative estimate of drug-likeness (QED) is 0.903. The first-order valence-corrected chi connectivity index (χ1v) is 6.00. The normalized spacial score (nSPS) is 11.1. The molecule has 98 valence electrons. The molecule has 0 bridgehead atoms. The molecule has 0 radical (unpaired) electrons. The summed E-state index contributed by atoms with van der Waals surface area (Å²) in [4.78, 5) is 0. The van der Waals surface area contributed by atoms with E-state index in [1.807, 2.05) is 6.07 Å². The van der Waals surface area contributed by atoms with Crippen molar-refractivity contribution in [3.05, 3.63) is 41.1 Å². The molecule has 0 aliphatic carbocycles. The van der Waals surface area contributed by atoms with E-state index in [0.717, 1.165) is 23.7 Å². The molecular formula is C12H8F3N3S. The summed E-state index contributed by atoms with van der Waals surface area (Å²) in [5, 5.41) is 12.2. The zero-order valence-electron chi connectivity index (χ0n) is 9.75. The van der Waals surface area contributed by atoms with Crippen molar-refractivity contribution < 1.29 is 13.2 Å². The average Bonchev–Trinajstić information content (AvgIpc) is 2.69. The van der Waals surface area contributed by atoms with Gasteiger partial charge >= 0.3 is 6.18 Å². The lowest BCUT2D eigenvalue weighted by molar-refractivity contribution is -0.137. The molecule has 0 fully saturated rings. The Kier molecular flexibility index (Phi) is 3.44. The summed E-state index contributed by atoms with van der Waals surface area (Å²) < 4.78 is 41.7. The number of aromatic nitrogens is 1. The van der Waals surface area contributed by atoms with Gasteiger partial charge in [0.1, 0.15) is 16.6 Å². The molecule has 0 aliphatic heterocycles. The third-order valence-corrected chi connectivity index (χ3v) is 3.28. The second kappa shape index (κ2) is 4.90. The Balaban J connectivity index is 2.32. The van der Waals surface area contributed by atoms with Gasteiger partial charge in [-0.2, -0.15) is 22.8 Å². The summed E-state index contributed by atoms with van der Waals surface area (Å²) in [6.45, 7) is 1.67. The Hall–Kier alpha value is -2.07. The number of hydrogen-bond donors (Lipinski definition) is 1. The lowest BCUT2D eigenvalue weighted by atomic mass is 10.2. The summed E-state index contributed by atoms with van der Waals surface area (Å²) in [5.41, 5.74) is 0.441. The van der Waals surface area contributed by atoms with Gasteiger partial charge in [-0.1, -0.05) is 6.07 Å². The number of nitrogens with one attached hydrogen (secondary N) is 1. The Labute approximate surface area is 111 Å². The van der Waals surface area contributed by atoms with Crippen LogP contribution in [0.5, 0.6) is 0 Å². The van der Waals surface area contributed by atoms with Crippen molar-refractivity contribution in [3.8, 4) is 6.07 Å². The molecule has 0 unspecified atom stereocenters. The van der Waals surface area contributed by atoms with E-state index >= 15 is 0 Å². The minimum Gasteiger partial charge on any atom is -0.345 e. The predicted molar refractivity (Wildman–Crippen MR) is 66.3 cm³/mol. The molecule has 0 atom stereocenters. The van der Waals surface area contributed by atoms with Gasteiger partial charge in [-0.3, -0.25) is 0 Å². The highest BCUT2D eigenvalue weighted by molar-refractivity contribution is 7.10. The van der Waals surface area contributed by atoms with Crippen molar-refractivity contribution in [3.63, 3.8) is 0 Å². The zero-order valence-corrected chi connectivity index (χ0v) is 10.6. The van der Waals surface area contributed by atoms with E-state index in [9.17, 15) is 13.2 Å². The minimum atomic E-state index is -4.39. The van der Waals surface area contributed by atoms with E-state index in [2.05, 4.69) is 9.69 Å². The average molecular weight is 283 g/mol. The number of nitrogens with zero attached hydrogens (tertiary/aromatic N) is 2. The monoisotopic (exact) mass is 283 g/mol. The summed E-state index contributed by atoms with van der Waals surface area (Å²) >= 11 is 1.04. The van der Waals surface area contributed by atoms with Crippen LogP contribution in [0.2, 0.25) is 0 Å². The Morgan fingerprint density at radius 3 is 2.74 bits per heavy atom. The smallest absolute Gasteiger partial charge is 0.345 e. The molecule has 0 saturated carbocycles. The summed E-state index contributed by atoms with van der Waals surface area (Å²) in [7, 11) is 0. The van der Waals surface area contributed by atoms with Crippen LogP contribution in [0, 0.1) is 18.3 Å². The molecule has 3 nitrogen and oxygen atoms in total. The van der Waals surface area contributed by atoms with Gasteiger partial charge in [-0.15, -0.1) is 0 Å². The topological polar surface area (TPSA) is 48.7 Å². The third kappa shape index (κ3) is 2.85. The van der Waals surface area contributed by atoms with Crippen molar-refractivity contribution in [2.45, 2.75) is 13.1 Å². The number of aryl methyl sites for hydroxylation is 1. The van der Waals surface area contributed by atoms with Gasteiger partial charge in [0.05, 0.1) is 11.3 Å². The second-order valence-corrected chi connectivity index (χ2v) is 4.56. The van der Waals surface area contributed by atoms with Gasteiger partial charge < -0.3 is 5.32 Å². The first-order valence-electron chi connectivity index (χ1n) is 5.22. The highest BCUT2D eigenvalue weighted by atomic mass is 32.1. The standard InChI is InChI=1S/C12H8F3N3S/c1-7-10(6-16)11(19-18-7)17-9-4-2-3-8(5-9)12(13,14)15/h2-5,17H,1H3. The van der Waals surface area contributed by atoms with Gasteiger partial charge in [-0.05, 0) is 36.7 Å². The van der Waals surface area contributed by atoms with E-state index in [1.165, 1.54) is 12.1 Å². The summed E-state index contributed by atoms with van der Waals surface area (Å²) in [5.74, 6) is 0. The van der Waals surface area contributed by atoms with Gasteiger partial charge in [0.15, 0.2) is 0 Å². The number of anilines is 2. The highest BCUT2D eigenvalue weighted by Gasteiger charge is 2.30. The van der Waals surface area contributed by atoms with Gasteiger partial charge in [0.2, 0.25) is 0 Å². The molecule has 1 aromatic heterocycles. The van der Waals surface area contributed by atoms with Crippen molar-refractivity contribution in [1.29, 1.82) is 5.26 Å². The molecule has 0 amide bonds. The third-order valence-electron chi connectivity index (χ3n) is 2.42. The fraction of sp³-hybridized carbons (Fsp3) is 0.167. The number of benzene rings is 1. The molecule has 19 heavy (non-hydrogen) atoms. The van der Waals surface area contributed by atoms with Crippen LogP contribution in [0.4, 0.5) is 23.9 Å². The lowest BCUT2D eigenvalue weighted by Gasteiger charge is -2.09. The van der Waals surface area contributed by atoms with E-state index in [-0.39, 0.29) is 5.69 Å². The fourth-order valence-corrected chi connectivity index (χ4v) is 2.26. The predicted octanol–water partition coefficient (Wildman–Crippen LogP) is 4.09. The maximum Gasteiger partial charge on any atom is 0.416 e. The second-order valence-electron chi connectivity index (χ2n) is 3.79. The van der Waals surface area contributed by atoms with Crippen LogP contribution < -0.4 is 5.32 Å². The van der Waals surface area contributed by atoms with E-state index in [1.54, 1.807) is 6.92 Å². The van der Waals surface area contributed by atoms with Gasteiger partial charge in [0.25, 0.3) is 0 Å². The number of halogens is 3. The molecule has 0 aliphatic rings. The molecule has 2 aromatic rings. The molecule has 1 N–H and O–H groups in total. The van der Waals surface area contributed by atoms with Crippen LogP contribution in [0.25, 0.3) is 0 Å². The van der Waals surface area contributed by atoms with E-state index in [4.69, 9.17) is 5.26 Å². The van der Waals surface area contributed by atoms with Gasteiger partial charge in [0, 0.05) is 5.69 Å². The molecule has 1 heterocycles. The first kappa shape index (κ1) is 13.4. The molecule has 1 aromatic carbocycles. The number of alkyl halides is 3. The van der Waals surface area contributed by atoms with Crippen LogP contribution in [0.15, 0.2) is 24.3 Å². The Morgan fingerprint density at radius 2 is 2.11 bits per heavy atom. The molecular weight excluding hydrogens is 275 g/mol. The fourth-order valence-electron chi connectivity index (χ4n) is 1.49. The van der Waals surface area contributed by atoms with Crippen LogP contribution in [-0.2, 0) is 6.18 Å². The zero-order chi connectivity index (χ0) is 14.0. The van der Waals surface area contributed by atoms with Crippen LogP contribution in [0.1, 0.15) is 16.8 Å². The summed E-state index contributed by atoms with van der Waals surface area (Å²) in [6, 6.07) is 6.78. The molecule has 7 heteroatoms. The minimum absolute atomic E-state index is 0.273. The van der Waals surface area contributed by atoms with E-state index in [0.29, 0.717) is 16.3 Å². The number of nitriles is 1. The van der Waals surface area contributed by atoms with Crippen molar-refractivity contribution >= 4 is 22.2 Å². The van der Waals surface area contributed by atoms with Crippen LogP contribution >= 0.6 is 11.5 Å². The van der Waals surface area contributed by atoms with Crippen molar-refractivity contribution in [2.24, 2.45) is 0 Å². The maximum absolute atomic E-state index is 12.6. The van der Waals surface area contributed by atoms with Crippen molar-refractivity contribution in [2.75, 3.05) is 5.32 Å². The van der Waals surface area contributed by atoms with Gasteiger partial charge in [-0.25, -0.2) is 0 Å². The molecule has 0 saturated heterocycles. The Morgan fingerprint density at radius 1 is 1.37 bits per heavy atom. The summed E-state index contributed by atoms with van der Waals surface area (Å²) in [6.07, 6.45) is -4.39. The molecule has 0 spiro atoms. The maximum atomic E-state index is 12.6. The number of hydrogen-bond acceptors (Lipinski definition) is 4. The van der Waals surface area contributed by atoms with Crippen LogP contribution in [-0.4, -0.2) is 4.37 Å². The SMILES string of the molecule is Cc1nsc(Nc2cccc(C(F)(F)F)c2)c1C#N. The largest absolute Gasteiger partial charge is 0.416 e. The van der Waals surface area contributed by atoms with Crippen LogP contribution in [0.3, 0.4) is 0 Å². The molecule has 2 rings (SSSR count).